The molecule has 4 nitrogen and oxygen atoms in total. The van der Waals surface area contributed by atoms with Crippen LogP contribution in [-0.2, 0) is 11.2 Å². The number of amides is 1. The summed E-state index contributed by atoms with van der Waals surface area (Å²) in [5, 5.41) is 9.21. The van der Waals surface area contributed by atoms with Gasteiger partial charge in [-0.15, -0.1) is 11.3 Å². The minimum absolute atomic E-state index is 0.0184. The number of aromatic nitrogens is 2. The topological polar surface area (TPSA) is 57.8 Å². The maximum atomic E-state index is 11.5. The van der Waals surface area contributed by atoms with Crippen LogP contribution in [-0.4, -0.2) is 16.1 Å². The van der Waals surface area contributed by atoms with E-state index >= 15 is 0 Å². The Labute approximate surface area is 112 Å². The molecule has 2 aromatic rings. The van der Waals surface area contributed by atoms with Gasteiger partial charge in [0.15, 0.2) is 0 Å². The number of carbonyl (C=O) groups is 1. The summed E-state index contributed by atoms with van der Waals surface area (Å²) in [6.45, 7) is 0. The molecule has 2 N–H and O–H groups in total. The molecule has 0 fully saturated rings. The highest BCUT2D eigenvalue weighted by Crippen LogP contribution is 2.23. The monoisotopic (exact) mass is 313 g/mol. The third kappa shape index (κ3) is 3.98. The normalized spacial score (nSPS) is 10.4. The highest BCUT2D eigenvalue weighted by atomic mass is 79.9. The summed E-state index contributed by atoms with van der Waals surface area (Å²) in [5.74, 6) is 0.665. The third-order valence-corrected chi connectivity index (χ3v) is 3.91. The van der Waals surface area contributed by atoms with Crippen molar-refractivity contribution in [1.82, 2.24) is 10.2 Å². The van der Waals surface area contributed by atoms with Gasteiger partial charge in [-0.3, -0.25) is 9.89 Å². The van der Waals surface area contributed by atoms with Crippen molar-refractivity contribution < 1.29 is 4.79 Å². The number of hydrogen-bond donors (Lipinski definition) is 2. The standard InChI is InChI=1S/C11H12BrN3OS/c12-9-5-4-8(17-9)2-1-3-11(16)14-10-6-7-13-15-10/h4-7H,1-3H2,(H2,13,14,15,16). The number of thiophene rings is 1. The van der Waals surface area contributed by atoms with E-state index in [1.54, 1.807) is 23.6 Å². The number of halogens is 1. The van der Waals surface area contributed by atoms with Crippen LogP contribution in [0.5, 0.6) is 0 Å². The molecule has 1 amide bonds. The van der Waals surface area contributed by atoms with Crippen molar-refractivity contribution in [2.75, 3.05) is 5.32 Å². The van der Waals surface area contributed by atoms with Gasteiger partial charge in [-0.1, -0.05) is 0 Å². The van der Waals surface area contributed by atoms with Gasteiger partial charge in [-0.25, -0.2) is 0 Å². The maximum absolute atomic E-state index is 11.5. The molecular weight excluding hydrogens is 302 g/mol. The van der Waals surface area contributed by atoms with Crippen molar-refractivity contribution in [1.29, 1.82) is 0 Å². The molecule has 2 heterocycles. The molecule has 0 aromatic carbocycles. The molecule has 0 atom stereocenters. The Morgan fingerprint density at radius 1 is 1.47 bits per heavy atom. The van der Waals surface area contributed by atoms with Crippen LogP contribution in [0.2, 0.25) is 0 Å². The Kier molecular flexibility index (Phi) is 4.33. The predicted molar refractivity (Wildman–Crippen MR) is 72.2 cm³/mol. The fourth-order valence-electron chi connectivity index (χ4n) is 1.45. The number of anilines is 1. The lowest BCUT2D eigenvalue weighted by atomic mass is 10.2. The van der Waals surface area contributed by atoms with Crippen LogP contribution < -0.4 is 5.32 Å². The van der Waals surface area contributed by atoms with Gasteiger partial charge in [-0.2, -0.15) is 5.10 Å². The molecule has 0 aliphatic carbocycles. The van der Waals surface area contributed by atoms with Gasteiger partial charge in [0.05, 0.1) is 9.98 Å². The van der Waals surface area contributed by atoms with Crippen molar-refractivity contribution in [3.05, 3.63) is 33.1 Å². The number of nitrogens with one attached hydrogen (secondary N) is 2. The SMILES string of the molecule is O=C(CCCc1ccc(Br)s1)Nc1ccn[nH]1. The van der Waals surface area contributed by atoms with Gasteiger partial charge in [0.1, 0.15) is 5.82 Å². The highest BCUT2D eigenvalue weighted by Gasteiger charge is 2.04. The molecule has 0 aliphatic rings. The number of carbonyl (C=O) groups excluding carboxylic acids is 1. The van der Waals surface area contributed by atoms with E-state index < -0.39 is 0 Å². The molecule has 6 heteroatoms. The third-order valence-electron chi connectivity index (χ3n) is 2.23. The Hall–Kier alpha value is -1.14. The molecule has 0 unspecified atom stereocenters. The van der Waals surface area contributed by atoms with Crippen LogP contribution in [0.4, 0.5) is 5.82 Å². The van der Waals surface area contributed by atoms with E-state index in [2.05, 4.69) is 37.5 Å². The van der Waals surface area contributed by atoms with Crippen LogP contribution in [0.25, 0.3) is 0 Å². The summed E-state index contributed by atoms with van der Waals surface area (Å²) in [6.07, 6.45) is 3.92. The Bertz CT molecular complexity index is 481. The van der Waals surface area contributed by atoms with Gasteiger partial charge in [0, 0.05) is 17.4 Å². The molecule has 2 rings (SSSR count). The summed E-state index contributed by atoms with van der Waals surface area (Å²) in [6, 6.07) is 5.85. The van der Waals surface area contributed by atoms with Crippen molar-refractivity contribution in [3.8, 4) is 0 Å². The van der Waals surface area contributed by atoms with E-state index in [0.717, 1.165) is 16.6 Å². The van der Waals surface area contributed by atoms with E-state index in [4.69, 9.17) is 0 Å². The molecule has 17 heavy (non-hydrogen) atoms. The van der Waals surface area contributed by atoms with Crippen LogP contribution >= 0.6 is 27.3 Å². The van der Waals surface area contributed by atoms with Crippen molar-refractivity contribution in [2.45, 2.75) is 19.3 Å². The Balaban J connectivity index is 1.70. The second kappa shape index (κ2) is 5.97. The van der Waals surface area contributed by atoms with Crippen LogP contribution in [0.3, 0.4) is 0 Å². The van der Waals surface area contributed by atoms with Crippen molar-refractivity contribution in [3.63, 3.8) is 0 Å². The first-order chi connectivity index (χ1) is 8.24. The van der Waals surface area contributed by atoms with Crippen molar-refractivity contribution in [2.24, 2.45) is 0 Å². The Morgan fingerprint density at radius 3 is 3.00 bits per heavy atom. The minimum Gasteiger partial charge on any atom is -0.311 e. The first-order valence-corrected chi connectivity index (χ1v) is 6.88. The lowest BCUT2D eigenvalue weighted by molar-refractivity contribution is -0.116. The highest BCUT2D eigenvalue weighted by molar-refractivity contribution is 9.11. The quantitative estimate of drug-likeness (QED) is 0.890. The number of aryl methyl sites for hydroxylation is 1. The Morgan fingerprint density at radius 2 is 2.35 bits per heavy atom. The molecule has 0 spiro atoms. The number of H-pyrrole nitrogens is 1. The zero-order chi connectivity index (χ0) is 12.1. The summed E-state index contributed by atoms with van der Waals surface area (Å²) in [4.78, 5) is 12.8. The number of nitrogens with zero attached hydrogens (tertiary/aromatic N) is 1. The minimum atomic E-state index is 0.0184. The fourth-order valence-corrected chi connectivity index (χ4v) is 2.97. The summed E-state index contributed by atoms with van der Waals surface area (Å²) in [7, 11) is 0. The van der Waals surface area contributed by atoms with Gasteiger partial charge < -0.3 is 5.32 Å². The molecule has 0 saturated heterocycles. The first-order valence-electron chi connectivity index (χ1n) is 5.27. The van der Waals surface area contributed by atoms with Crippen molar-refractivity contribution >= 4 is 39.0 Å². The second-order valence-electron chi connectivity index (χ2n) is 3.58. The molecule has 0 radical (unpaired) electrons. The molecule has 0 saturated carbocycles. The smallest absolute Gasteiger partial charge is 0.225 e. The molecule has 0 bridgehead atoms. The van der Waals surface area contributed by atoms with E-state index in [0.29, 0.717) is 12.2 Å². The van der Waals surface area contributed by atoms with Gasteiger partial charge in [0.25, 0.3) is 0 Å². The van der Waals surface area contributed by atoms with Crippen LogP contribution in [0, 0.1) is 0 Å². The van der Waals surface area contributed by atoms with E-state index in [1.165, 1.54) is 4.88 Å². The van der Waals surface area contributed by atoms with Crippen LogP contribution in [0.1, 0.15) is 17.7 Å². The molecule has 0 aliphatic heterocycles. The van der Waals surface area contributed by atoms with Gasteiger partial charge in [0.2, 0.25) is 5.91 Å². The molecule has 2 aromatic heterocycles. The molecule has 90 valence electrons. The number of hydrogen-bond acceptors (Lipinski definition) is 3. The second-order valence-corrected chi connectivity index (χ2v) is 6.13. The summed E-state index contributed by atoms with van der Waals surface area (Å²) < 4.78 is 1.13. The summed E-state index contributed by atoms with van der Waals surface area (Å²) >= 11 is 5.13. The average Bonchev–Trinajstić information content (AvgIpc) is 2.90. The number of aromatic amines is 1. The zero-order valence-corrected chi connectivity index (χ0v) is 11.5. The fraction of sp³-hybridized carbons (Fsp3) is 0.273. The maximum Gasteiger partial charge on any atom is 0.225 e. The predicted octanol–water partition coefficient (Wildman–Crippen LogP) is 3.20. The van der Waals surface area contributed by atoms with Gasteiger partial charge >= 0.3 is 0 Å². The van der Waals surface area contributed by atoms with Crippen LogP contribution in [0.15, 0.2) is 28.2 Å². The molecular formula is C11H12BrN3OS. The number of rotatable bonds is 5. The lowest BCUT2D eigenvalue weighted by Crippen LogP contribution is -2.11. The van der Waals surface area contributed by atoms with E-state index in [-0.39, 0.29) is 5.91 Å². The lowest BCUT2D eigenvalue weighted by Gasteiger charge is -2.01. The van der Waals surface area contributed by atoms with E-state index in [9.17, 15) is 4.79 Å². The zero-order valence-electron chi connectivity index (χ0n) is 9.07. The summed E-state index contributed by atoms with van der Waals surface area (Å²) in [5.41, 5.74) is 0. The van der Waals surface area contributed by atoms with E-state index in [1.807, 2.05) is 6.07 Å². The largest absolute Gasteiger partial charge is 0.311 e. The first kappa shape index (κ1) is 12.3. The average molecular weight is 314 g/mol. The van der Waals surface area contributed by atoms with Gasteiger partial charge in [-0.05, 0) is 40.9 Å².